The topological polar surface area (TPSA) is 57.2 Å². The van der Waals surface area contributed by atoms with Crippen molar-refractivity contribution in [3.63, 3.8) is 0 Å². The fourth-order valence-electron chi connectivity index (χ4n) is 2.46. The first kappa shape index (κ1) is 14.7. The molecule has 19 heavy (non-hydrogen) atoms. The monoisotopic (exact) mass is 270 g/mol. The van der Waals surface area contributed by atoms with E-state index in [1.54, 1.807) is 0 Å². The van der Waals surface area contributed by atoms with Crippen LogP contribution in [0.15, 0.2) is 18.4 Å². The molecule has 2 heterocycles. The molecule has 0 aromatic heterocycles. The highest BCUT2D eigenvalue weighted by Gasteiger charge is 2.51. The van der Waals surface area contributed by atoms with E-state index in [0.29, 0.717) is 6.61 Å². The lowest BCUT2D eigenvalue weighted by molar-refractivity contribution is -0.175. The molecule has 2 aliphatic heterocycles. The first-order valence-corrected chi connectivity index (χ1v) is 6.45. The summed E-state index contributed by atoms with van der Waals surface area (Å²) >= 11 is 0. The molecule has 2 fully saturated rings. The van der Waals surface area contributed by atoms with Crippen LogP contribution in [0, 0.1) is 0 Å². The molecule has 5 nitrogen and oxygen atoms in total. The lowest BCUT2D eigenvalue weighted by atomic mass is 10.0. The molecule has 2 aliphatic rings. The molecular formula is C14H22O5. The van der Waals surface area contributed by atoms with Crippen LogP contribution in [0.5, 0.6) is 0 Å². The molecule has 0 amide bonds. The average molecular weight is 270 g/mol. The number of aliphatic hydroxyl groups excluding tert-OH is 1. The van der Waals surface area contributed by atoms with Crippen LogP contribution in [0.3, 0.4) is 0 Å². The van der Waals surface area contributed by atoms with E-state index in [4.69, 9.17) is 18.9 Å². The second-order valence-electron chi connectivity index (χ2n) is 5.79. The molecule has 0 aromatic carbocycles. The van der Waals surface area contributed by atoms with Crippen LogP contribution in [0.4, 0.5) is 0 Å². The molecule has 0 spiro atoms. The van der Waals surface area contributed by atoms with E-state index in [1.165, 1.54) is 6.08 Å². The normalized spacial score (nSPS) is 37.8. The van der Waals surface area contributed by atoms with E-state index in [2.05, 4.69) is 12.3 Å². The third-order valence-electron chi connectivity index (χ3n) is 3.19. The summed E-state index contributed by atoms with van der Waals surface area (Å²) in [6, 6.07) is 0. The zero-order valence-corrected chi connectivity index (χ0v) is 11.9. The van der Waals surface area contributed by atoms with Gasteiger partial charge in [0, 0.05) is 0 Å². The Hall–Kier alpha value is -0.680. The summed E-state index contributed by atoms with van der Waals surface area (Å²) in [5, 5.41) is 10.1. The molecule has 0 unspecified atom stereocenters. The van der Waals surface area contributed by atoms with Crippen molar-refractivity contribution in [2.24, 2.45) is 0 Å². The molecule has 0 saturated carbocycles. The van der Waals surface area contributed by atoms with Gasteiger partial charge in [-0.1, -0.05) is 6.58 Å². The molecule has 0 radical (unpaired) electrons. The van der Waals surface area contributed by atoms with Crippen molar-refractivity contribution in [3.05, 3.63) is 18.4 Å². The number of hydrogen-bond donors (Lipinski definition) is 1. The van der Waals surface area contributed by atoms with Crippen LogP contribution in [-0.4, -0.2) is 47.7 Å². The van der Waals surface area contributed by atoms with E-state index < -0.39 is 29.9 Å². The quantitative estimate of drug-likeness (QED) is 0.785. The summed E-state index contributed by atoms with van der Waals surface area (Å²) in [6.07, 6.45) is -0.557. The summed E-state index contributed by atoms with van der Waals surface area (Å²) < 4.78 is 22.9. The number of aliphatic hydroxyl groups is 1. The second kappa shape index (κ2) is 5.02. The molecule has 5 heteroatoms. The van der Waals surface area contributed by atoms with E-state index in [0.717, 1.165) is 0 Å². The molecule has 108 valence electrons. The Morgan fingerprint density at radius 3 is 2.42 bits per heavy atom. The van der Waals surface area contributed by atoms with Gasteiger partial charge < -0.3 is 24.1 Å². The smallest absolute Gasteiger partial charge is 0.164 e. The lowest BCUT2D eigenvalue weighted by Gasteiger charge is -2.25. The van der Waals surface area contributed by atoms with Crippen LogP contribution >= 0.6 is 0 Å². The zero-order chi connectivity index (χ0) is 14.3. The summed E-state index contributed by atoms with van der Waals surface area (Å²) in [6.45, 7) is 11.2. The predicted molar refractivity (Wildman–Crippen MR) is 68.4 cm³/mol. The Balaban J connectivity index is 2.14. The number of hydrogen-bond acceptors (Lipinski definition) is 5. The fourth-order valence-corrected chi connectivity index (χ4v) is 2.46. The first-order valence-electron chi connectivity index (χ1n) is 6.45. The maximum absolute atomic E-state index is 10.1. The average Bonchev–Trinajstić information content (AvgIpc) is 2.78. The van der Waals surface area contributed by atoms with E-state index >= 15 is 0 Å². The molecule has 4 atom stereocenters. The zero-order valence-electron chi connectivity index (χ0n) is 11.9. The van der Waals surface area contributed by atoms with Gasteiger partial charge in [0.05, 0.1) is 6.61 Å². The van der Waals surface area contributed by atoms with Gasteiger partial charge in [-0.15, -0.1) is 5.73 Å². The molecule has 0 bridgehead atoms. The largest absolute Gasteiger partial charge is 0.386 e. The lowest BCUT2D eigenvalue weighted by Crippen LogP contribution is -2.43. The Kier molecular flexibility index (Phi) is 3.89. The van der Waals surface area contributed by atoms with Crippen LogP contribution in [0.25, 0.3) is 0 Å². The van der Waals surface area contributed by atoms with Crippen molar-refractivity contribution in [2.45, 2.75) is 63.7 Å². The van der Waals surface area contributed by atoms with Gasteiger partial charge in [-0.25, -0.2) is 0 Å². The van der Waals surface area contributed by atoms with E-state index in [-0.39, 0.29) is 6.10 Å². The van der Waals surface area contributed by atoms with Gasteiger partial charge in [-0.3, -0.25) is 0 Å². The highest BCUT2D eigenvalue weighted by Crippen LogP contribution is 2.36. The van der Waals surface area contributed by atoms with Crippen molar-refractivity contribution < 1.29 is 24.1 Å². The molecule has 0 aliphatic carbocycles. The summed E-state index contributed by atoms with van der Waals surface area (Å²) in [5.41, 5.74) is 2.57. The minimum atomic E-state index is -0.836. The van der Waals surface area contributed by atoms with E-state index in [9.17, 15) is 5.11 Å². The van der Waals surface area contributed by atoms with Crippen LogP contribution < -0.4 is 0 Å². The first-order chi connectivity index (χ1) is 8.74. The van der Waals surface area contributed by atoms with Gasteiger partial charge in [0.25, 0.3) is 0 Å². The molecule has 2 saturated heterocycles. The van der Waals surface area contributed by atoms with Crippen LogP contribution in [0.2, 0.25) is 0 Å². The van der Waals surface area contributed by atoms with Crippen molar-refractivity contribution in [3.8, 4) is 0 Å². The highest BCUT2D eigenvalue weighted by atomic mass is 16.8. The van der Waals surface area contributed by atoms with Crippen LogP contribution in [0.1, 0.15) is 27.7 Å². The minimum absolute atomic E-state index is 0.269. The highest BCUT2D eigenvalue weighted by molar-refractivity contribution is 5.00. The maximum Gasteiger partial charge on any atom is 0.164 e. The molecule has 1 N–H and O–H groups in total. The van der Waals surface area contributed by atoms with Crippen molar-refractivity contribution in [1.29, 1.82) is 0 Å². The third kappa shape index (κ3) is 3.26. The Bertz CT molecular complexity index is 383. The van der Waals surface area contributed by atoms with Crippen molar-refractivity contribution in [1.82, 2.24) is 0 Å². The Morgan fingerprint density at radius 1 is 1.21 bits per heavy atom. The fraction of sp³-hybridized carbons (Fsp3) is 0.786. The van der Waals surface area contributed by atoms with Crippen molar-refractivity contribution >= 4 is 0 Å². The van der Waals surface area contributed by atoms with Gasteiger partial charge in [0.1, 0.15) is 24.4 Å². The SMILES string of the molecule is C=C=C[C@H](O)[C@@H]1OC(C)(C)O[C@H]1[C@H]1COC(C)(C)O1. The standard InChI is InChI=1S/C14H22O5/c1-6-7-9(15)11-12(19-14(4,5)18-11)10-8-16-13(2,3)17-10/h7,9-12,15H,1,8H2,2-5H3/t9-,10+,11-,12-/m0/s1. The minimum Gasteiger partial charge on any atom is -0.386 e. The van der Waals surface area contributed by atoms with Gasteiger partial charge in [-0.2, -0.15) is 0 Å². The maximum atomic E-state index is 10.1. The summed E-state index contributed by atoms with van der Waals surface area (Å²) in [7, 11) is 0. The van der Waals surface area contributed by atoms with Gasteiger partial charge in [-0.05, 0) is 33.8 Å². The van der Waals surface area contributed by atoms with Gasteiger partial charge >= 0.3 is 0 Å². The Morgan fingerprint density at radius 2 is 1.89 bits per heavy atom. The number of rotatable bonds is 3. The number of ether oxygens (including phenoxy) is 4. The third-order valence-corrected chi connectivity index (χ3v) is 3.19. The van der Waals surface area contributed by atoms with E-state index in [1.807, 2.05) is 27.7 Å². The van der Waals surface area contributed by atoms with Gasteiger partial charge in [0.2, 0.25) is 0 Å². The summed E-state index contributed by atoms with van der Waals surface area (Å²) in [5.74, 6) is -1.40. The molecule has 2 rings (SSSR count). The predicted octanol–water partition coefficient (Wildman–Crippen LogP) is 1.36. The molecule has 0 aromatic rings. The van der Waals surface area contributed by atoms with Crippen molar-refractivity contribution in [2.75, 3.05) is 6.61 Å². The Labute approximate surface area is 113 Å². The van der Waals surface area contributed by atoms with Crippen LogP contribution in [-0.2, 0) is 18.9 Å². The second-order valence-corrected chi connectivity index (χ2v) is 5.79. The molecular weight excluding hydrogens is 248 g/mol. The van der Waals surface area contributed by atoms with Gasteiger partial charge in [0.15, 0.2) is 11.6 Å². The summed E-state index contributed by atoms with van der Waals surface area (Å²) in [4.78, 5) is 0.